The lowest BCUT2D eigenvalue weighted by Gasteiger charge is -2.30. The summed E-state index contributed by atoms with van der Waals surface area (Å²) in [4.78, 5) is 25.7. The maximum absolute atomic E-state index is 13.4. The monoisotopic (exact) mass is 558 g/mol. The Morgan fingerprint density at radius 3 is 2.42 bits per heavy atom. The first-order valence-electron chi connectivity index (χ1n) is 13.2. The number of thiocarbonyl (C=S) groups is 1. The number of ether oxygens (including phenoxy) is 2. The SMILES string of the molecule is CCc1ccc(NC(=O)C2=C(C)NC(=S)NC2c2ccc(OCC(=O)NCCc3ccccc3)c(OC)c2)cc1. The van der Waals surface area contributed by atoms with E-state index in [0.29, 0.717) is 40.1 Å². The molecule has 40 heavy (non-hydrogen) atoms. The predicted octanol–water partition coefficient (Wildman–Crippen LogP) is 4.43. The molecule has 0 saturated heterocycles. The van der Waals surface area contributed by atoms with Gasteiger partial charge in [0.25, 0.3) is 11.8 Å². The Labute approximate surface area is 240 Å². The Balaban J connectivity index is 1.44. The molecule has 1 unspecified atom stereocenters. The van der Waals surface area contributed by atoms with Crippen molar-refractivity contribution >= 4 is 34.8 Å². The van der Waals surface area contributed by atoms with Gasteiger partial charge in [-0.15, -0.1) is 0 Å². The lowest BCUT2D eigenvalue weighted by Crippen LogP contribution is -2.45. The van der Waals surface area contributed by atoms with E-state index in [1.807, 2.05) is 67.6 Å². The summed E-state index contributed by atoms with van der Waals surface area (Å²) < 4.78 is 11.3. The number of allylic oxidation sites excluding steroid dienone is 1. The van der Waals surface area contributed by atoms with E-state index in [2.05, 4.69) is 28.2 Å². The zero-order valence-corrected chi connectivity index (χ0v) is 23.7. The van der Waals surface area contributed by atoms with Gasteiger partial charge in [0, 0.05) is 17.9 Å². The van der Waals surface area contributed by atoms with Crippen LogP contribution in [-0.2, 0) is 22.4 Å². The first-order chi connectivity index (χ1) is 19.4. The highest BCUT2D eigenvalue weighted by molar-refractivity contribution is 7.80. The zero-order chi connectivity index (χ0) is 28.5. The molecule has 0 fully saturated rings. The van der Waals surface area contributed by atoms with Crippen molar-refractivity contribution in [3.8, 4) is 11.5 Å². The molecule has 0 spiro atoms. The number of aryl methyl sites for hydroxylation is 1. The Kier molecular flexibility index (Phi) is 9.75. The van der Waals surface area contributed by atoms with Crippen LogP contribution in [0.15, 0.2) is 84.1 Å². The number of methoxy groups -OCH3 is 1. The van der Waals surface area contributed by atoms with E-state index in [-0.39, 0.29) is 18.4 Å². The number of carbonyl (C=O) groups is 2. The first kappa shape index (κ1) is 28.6. The molecule has 1 atom stereocenters. The fourth-order valence-corrected chi connectivity index (χ4v) is 4.71. The Hall–Kier alpha value is -4.37. The highest BCUT2D eigenvalue weighted by atomic mass is 32.1. The molecule has 3 aromatic rings. The summed E-state index contributed by atoms with van der Waals surface area (Å²) in [7, 11) is 1.53. The molecule has 9 heteroatoms. The number of carbonyl (C=O) groups excluding carboxylic acids is 2. The molecule has 1 aliphatic rings. The molecule has 0 bridgehead atoms. The molecule has 0 radical (unpaired) electrons. The highest BCUT2D eigenvalue weighted by Crippen LogP contribution is 2.34. The summed E-state index contributed by atoms with van der Waals surface area (Å²) in [5.74, 6) is 0.384. The molecular weight excluding hydrogens is 524 g/mol. The summed E-state index contributed by atoms with van der Waals surface area (Å²) >= 11 is 5.39. The van der Waals surface area contributed by atoms with Gasteiger partial charge in [0.1, 0.15) is 0 Å². The van der Waals surface area contributed by atoms with Gasteiger partial charge in [0.05, 0.1) is 18.7 Å². The standard InChI is InChI=1S/C31H34N4O4S/c1-4-21-10-13-24(14-11-21)34-30(37)28-20(2)33-31(40)35-29(28)23-12-15-25(26(18-23)38-3)39-19-27(36)32-17-16-22-8-6-5-7-9-22/h5-15,18,29H,4,16-17,19H2,1-3H3,(H,32,36)(H,34,37)(H2,33,35,40). The van der Waals surface area contributed by atoms with E-state index >= 15 is 0 Å². The van der Waals surface area contributed by atoms with Crippen molar-refractivity contribution in [3.63, 3.8) is 0 Å². The molecule has 4 rings (SSSR count). The normalized spacial score (nSPS) is 14.6. The van der Waals surface area contributed by atoms with Gasteiger partial charge in [-0.05, 0) is 72.9 Å². The lowest BCUT2D eigenvalue weighted by atomic mass is 9.94. The minimum Gasteiger partial charge on any atom is -0.493 e. The maximum Gasteiger partial charge on any atom is 0.257 e. The quantitative estimate of drug-likeness (QED) is 0.259. The van der Waals surface area contributed by atoms with E-state index in [0.717, 1.165) is 24.0 Å². The van der Waals surface area contributed by atoms with Gasteiger partial charge in [-0.3, -0.25) is 9.59 Å². The number of hydrogen-bond acceptors (Lipinski definition) is 5. The van der Waals surface area contributed by atoms with E-state index < -0.39 is 6.04 Å². The van der Waals surface area contributed by atoms with Gasteiger partial charge in [0.2, 0.25) is 0 Å². The maximum atomic E-state index is 13.4. The van der Waals surface area contributed by atoms with Crippen molar-refractivity contribution in [2.24, 2.45) is 0 Å². The van der Waals surface area contributed by atoms with Crippen LogP contribution in [-0.4, -0.2) is 37.2 Å². The fraction of sp³-hybridized carbons (Fsp3) is 0.258. The van der Waals surface area contributed by atoms with Crippen molar-refractivity contribution in [3.05, 3.63) is 101 Å². The number of anilines is 1. The van der Waals surface area contributed by atoms with Crippen LogP contribution < -0.4 is 30.7 Å². The second-order valence-corrected chi connectivity index (χ2v) is 9.77. The van der Waals surface area contributed by atoms with Crippen molar-refractivity contribution < 1.29 is 19.1 Å². The molecule has 0 saturated carbocycles. The lowest BCUT2D eigenvalue weighted by molar-refractivity contribution is -0.123. The molecule has 1 aliphatic heterocycles. The largest absolute Gasteiger partial charge is 0.493 e. The molecule has 0 aliphatic carbocycles. The van der Waals surface area contributed by atoms with E-state index in [9.17, 15) is 9.59 Å². The van der Waals surface area contributed by atoms with Crippen LogP contribution in [0.5, 0.6) is 11.5 Å². The third kappa shape index (κ3) is 7.39. The van der Waals surface area contributed by atoms with Crippen LogP contribution in [0.3, 0.4) is 0 Å². The highest BCUT2D eigenvalue weighted by Gasteiger charge is 2.30. The Bertz CT molecular complexity index is 1390. The first-order valence-corrected chi connectivity index (χ1v) is 13.6. The summed E-state index contributed by atoms with van der Waals surface area (Å²) in [5.41, 5.74) is 4.96. The number of nitrogens with one attached hydrogen (secondary N) is 4. The number of benzene rings is 3. The second-order valence-electron chi connectivity index (χ2n) is 9.36. The van der Waals surface area contributed by atoms with Crippen LogP contribution in [0.2, 0.25) is 0 Å². The molecule has 208 valence electrons. The van der Waals surface area contributed by atoms with Crippen molar-refractivity contribution in [1.29, 1.82) is 0 Å². The zero-order valence-electron chi connectivity index (χ0n) is 22.9. The summed E-state index contributed by atoms with van der Waals surface area (Å²) in [6, 6.07) is 22.5. The van der Waals surface area contributed by atoms with Crippen LogP contribution in [0.4, 0.5) is 5.69 Å². The topological polar surface area (TPSA) is 101 Å². The molecular formula is C31H34N4O4S. The number of hydrogen-bond donors (Lipinski definition) is 4. The molecule has 2 amide bonds. The van der Waals surface area contributed by atoms with Gasteiger partial charge in [-0.1, -0.05) is 55.5 Å². The van der Waals surface area contributed by atoms with E-state index in [1.54, 1.807) is 12.1 Å². The van der Waals surface area contributed by atoms with Gasteiger partial charge in [-0.2, -0.15) is 0 Å². The van der Waals surface area contributed by atoms with Gasteiger partial charge < -0.3 is 30.7 Å². The Morgan fingerprint density at radius 1 is 0.975 bits per heavy atom. The summed E-state index contributed by atoms with van der Waals surface area (Å²) in [5, 5.41) is 12.5. The van der Waals surface area contributed by atoms with Gasteiger partial charge >= 0.3 is 0 Å². The fourth-order valence-electron chi connectivity index (χ4n) is 4.44. The minimum atomic E-state index is -0.520. The number of amides is 2. The van der Waals surface area contributed by atoms with Crippen LogP contribution in [0.25, 0.3) is 0 Å². The third-order valence-electron chi connectivity index (χ3n) is 6.59. The van der Waals surface area contributed by atoms with Crippen LogP contribution in [0.1, 0.15) is 36.6 Å². The molecule has 3 aromatic carbocycles. The van der Waals surface area contributed by atoms with Crippen LogP contribution in [0, 0.1) is 0 Å². The van der Waals surface area contributed by atoms with E-state index in [4.69, 9.17) is 21.7 Å². The summed E-state index contributed by atoms with van der Waals surface area (Å²) in [6.45, 7) is 4.27. The minimum absolute atomic E-state index is 0.149. The average Bonchev–Trinajstić information content (AvgIpc) is 2.96. The van der Waals surface area contributed by atoms with Crippen molar-refractivity contribution in [2.75, 3.05) is 25.6 Å². The van der Waals surface area contributed by atoms with Crippen molar-refractivity contribution in [2.45, 2.75) is 32.7 Å². The number of rotatable bonds is 11. The Morgan fingerprint density at radius 2 is 1.73 bits per heavy atom. The molecule has 1 heterocycles. The smallest absolute Gasteiger partial charge is 0.257 e. The molecule has 0 aromatic heterocycles. The van der Waals surface area contributed by atoms with Crippen LogP contribution >= 0.6 is 12.2 Å². The predicted molar refractivity (Wildman–Crippen MR) is 160 cm³/mol. The third-order valence-corrected chi connectivity index (χ3v) is 6.81. The average molecular weight is 559 g/mol. The van der Waals surface area contributed by atoms with Gasteiger partial charge in [-0.25, -0.2) is 0 Å². The van der Waals surface area contributed by atoms with Gasteiger partial charge in [0.15, 0.2) is 23.2 Å². The van der Waals surface area contributed by atoms with Crippen molar-refractivity contribution in [1.82, 2.24) is 16.0 Å². The molecule has 8 nitrogen and oxygen atoms in total. The van der Waals surface area contributed by atoms with E-state index in [1.165, 1.54) is 12.7 Å². The molecule has 4 N–H and O–H groups in total. The second kappa shape index (κ2) is 13.6. The summed E-state index contributed by atoms with van der Waals surface area (Å²) in [6.07, 6.45) is 1.66.